The van der Waals surface area contributed by atoms with Crippen LogP contribution in [0.3, 0.4) is 0 Å². The van der Waals surface area contributed by atoms with Crippen LogP contribution in [0, 0.1) is 6.92 Å². The van der Waals surface area contributed by atoms with Gasteiger partial charge in [0.25, 0.3) is 5.56 Å². The average molecular weight is 382 g/mol. The first-order chi connectivity index (χ1) is 13.1. The molecule has 0 fully saturated rings. The Balaban J connectivity index is 1.42. The van der Waals surface area contributed by atoms with Gasteiger partial charge in [0.2, 0.25) is 5.82 Å². The second-order valence-electron chi connectivity index (χ2n) is 5.76. The van der Waals surface area contributed by atoms with Gasteiger partial charge in [-0.3, -0.25) is 9.20 Å². The molecule has 0 spiro atoms. The van der Waals surface area contributed by atoms with Gasteiger partial charge in [0, 0.05) is 22.7 Å². The predicted octanol–water partition coefficient (Wildman–Crippen LogP) is 1.46. The molecule has 0 unspecified atom stereocenters. The van der Waals surface area contributed by atoms with Crippen molar-refractivity contribution in [3.63, 3.8) is 0 Å². The first-order valence-electron chi connectivity index (χ1n) is 8.04. The second kappa shape index (κ2) is 7.08. The fraction of sp³-hybridized carbons (Fsp3) is 0.176. The third-order valence-corrected chi connectivity index (χ3v) is 4.50. The molecule has 4 aromatic rings. The van der Waals surface area contributed by atoms with Crippen LogP contribution in [0.4, 0.5) is 0 Å². The Labute approximate surface area is 156 Å². The molecule has 4 heterocycles. The average Bonchev–Trinajstić information content (AvgIpc) is 3.31. The van der Waals surface area contributed by atoms with Crippen molar-refractivity contribution in [1.29, 1.82) is 0 Å². The first kappa shape index (κ1) is 17.0. The Bertz CT molecular complexity index is 1170. The van der Waals surface area contributed by atoms with Crippen molar-refractivity contribution in [2.75, 3.05) is 0 Å². The molecule has 0 aliphatic carbocycles. The summed E-state index contributed by atoms with van der Waals surface area (Å²) in [6.45, 7) is 1.54. The van der Waals surface area contributed by atoms with Gasteiger partial charge in [-0.15, -0.1) is 10.2 Å². The summed E-state index contributed by atoms with van der Waals surface area (Å²) >= 11 is 1.52. The molecule has 4 aromatic heterocycles. The second-order valence-corrected chi connectivity index (χ2v) is 6.54. The summed E-state index contributed by atoms with van der Waals surface area (Å²) in [7, 11) is 0. The highest BCUT2D eigenvalue weighted by Gasteiger charge is 2.12. The summed E-state index contributed by atoms with van der Waals surface area (Å²) in [4.78, 5) is 29.8. The normalized spacial score (nSPS) is 11.0. The lowest BCUT2D eigenvalue weighted by Gasteiger charge is -2.07. The van der Waals surface area contributed by atoms with Crippen molar-refractivity contribution in [3.8, 4) is 11.4 Å². The fourth-order valence-electron chi connectivity index (χ4n) is 2.57. The van der Waals surface area contributed by atoms with E-state index in [9.17, 15) is 9.59 Å². The van der Waals surface area contributed by atoms with Crippen molar-refractivity contribution >= 4 is 23.0 Å². The Morgan fingerprint density at radius 3 is 3.00 bits per heavy atom. The van der Waals surface area contributed by atoms with Gasteiger partial charge < -0.3 is 4.74 Å². The van der Waals surface area contributed by atoms with E-state index >= 15 is 0 Å². The quantitative estimate of drug-likeness (QED) is 0.481. The monoisotopic (exact) mass is 382 g/mol. The van der Waals surface area contributed by atoms with Crippen LogP contribution in [0.1, 0.15) is 11.4 Å². The number of rotatable bonds is 5. The van der Waals surface area contributed by atoms with Gasteiger partial charge in [0.15, 0.2) is 6.54 Å². The number of aromatic nitrogens is 6. The summed E-state index contributed by atoms with van der Waals surface area (Å²) in [5, 5.41) is 15.7. The van der Waals surface area contributed by atoms with E-state index in [0.717, 1.165) is 11.3 Å². The maximum Gasteiger partial charge on any atom is 0.330 e. The molecule has 0 amide bonds. The summed E-state index contributed by atoms with van der Waals surface area (Å²) in [6, 6.07) is 8.59. The van der Waals surface area contributed by atoms with Crippen LogP contribution >= 0.6 is 11.3 Å². The molecule has 0 aromatic carbocycles. The van der Waals surface area contributed by atoms with Crippen LogP contribution in [0.2, 0.25) is 0 Å². The highest BCUT2D eigenvalue weighted by Crippen LogP contribution is 2.16. The fourth-order valence-corrected chi connectivity index (χ4v) is 3.20. The van der Waals surface area contributed by atoms with Crippen molar-refractivity contribution in [1.82, 2.24) is 29.6 Å². The highest BCUT2D eigenvalue weighted by atomic mass is 32.1. The van der Waals surface area contributed by atoms with Crippen LogP contribution < -0.4 is 5.56 Å². The van der Waals surface area contributed by atoms with Gasteiger partial charge in [-0.2, -0.15) is 16.1 Å². The van der Waals surface area contributed by atoms with Crippen molar-refractivity contribution in [3.05, 3.63) is 62.8 Å². The van der Waals surface area contributed by atoms with E-state index in [2.05, 4.69) is 20.4 Å². The molecule has 0 saturated heterocycles. The molecule has 0 N–H and O–H groups in total. The zero-order valence-corrected chi connectivity index (χ0v) is 15.1. The van der Waals surface area contributed by atoms with Crippen LogP contribution in [0.15, 0.2) is 45.9 Å². The number of fused-ring (bicyclic) bond motifs is 1. The van der Waals surface area contributed by atoms with E-state index in [1.807, 2.05) is 35.9 Å². The zero-order chi connectivity index (χ0) is 18.8. The molecule has 0 aliphatic rings. The van der Waals surface area contributed by atoms with Gasteiger partial charge in [0.1, 0.15) is 12.3 Å². The molecule has 9 nitrogen and oxygen atoms in total. The largest absolute Gasteiger partial charge is 0.458 e. The molecule has 27 heavy (non-hydrogen) atoms. The summed E-state index contributed by atoms with van der Waals surface area (Å²) < 4.78 is 6.69. The summed E-state index contributed by atoms with van der Waals surface area (Å²) in [5.74, 6) is -0.0980. The van der Waals surface area contributed by atoms with Crippen molar-refractivity contribution in [2.45, 2.75) is 20.1 Å². The lowest BCUT2D eigenvalue weighted by molar-refractivity contribution is -0.146. The number of esters is 1. The summed E-state index contributed by atoms with van der Waals surface area (Å²) in [5.41, 5.74) is 2.29. The predicted molar refractivity (Wildman–Crippen MR) is 97.1 cm³/mol. The Hall–Kier alpha value is -3.40. The molecule has 0 bridgehead atoms. The van der Waals surface area contributed by atoms with E-state index < -0.39 is 5.97 Å². The van der Waals surface area contributed by atoms with Gasteiger partial charge in [0.05, 0.1) is 5.69 Å². The molecule has 0 aliphatic heterocycles. The standard InChI is InChI=1S/C17H14N6O3S/c1-11-3-2-4-14-18-13(7-15(24)23(11)14)9-26-16(25)8-22-20-17(19-21-22)12-5-6-27-10-12/h2-7,10H,8-9H2,1H3. The maximum atomic E-state index is 12.2. The topological polar surface area (TPSA) is 104 Å². The number of carbonyl (C=O) groups is 1. The number of hydrogen-bond donors (Lipinski definition) is 0. The Kier molecular flexibility index (Phi) is 4.47. The number of ether oxygens (including phenoxy) is 1. The maximum absolute atomic E-state index is 12.2. The molecular weight excluding hydrogens is 368 g/mol. The number of carbonyl (C=O) groups excluding carboxylic acids is 1. The van der Waals surface area contributed by atoms with Crippen LogP contribution in [-0.4, -0.2) is 35.6 Å². The third-order valence-electron chi connectivity index (χ3n) is 3.82. The number of nitrogens with zero attached hydrogens (tertiary/aromatic N) is 6. The van der Waals surface area contributed by atoms with Gasteiger partial charge >= 0.3 is 5.97 Å². The number of pyridine rings is 1. The minimum Gasteiger partial charge on any atom is -0.458 e. The third kappa shape index (κ3) is 3.60. The molecule has 0 saturated carbocycles. The minimum atomic E-state index is -0.546. The van der Waals surface area contributed by atoms with Crippen LogP contribution in [-0.2, 0) is 22.7 Å². The van der Waals surface area contributed by atoms with Gasteiger partial charge in [-0.25, -0.2) is 9.78 Å². The molecule has 0 radical (unpaired) electrons. The molecule has 10 heteroatoms. The number of thiophene rings is 1. The van der Waals surface area contributed by atoms with Gasteiger partial charge in [-0.1, -0.05) is 6.07 Å². The molecule has 136 valence electrons. The van der Waals surface area contributed by atoms with E-state index in [1.54, 1.807) is 6.07 Å². The molecular formula is C17H14N6O3S. The smallest absolute Gasteiger partial charge is 0.330 e. The lowest BCUT2D eigenvalue weighted by Crippen LogP contribution is -2.20. The SMILES string of the molecule is Cc1cccc2nc(COC(=O)Cn3nnc(-c4ccsc4)n3)cc(=O)n12. The van der Waals surface area contributed by atoms with E-state index in [4.69, 9.17) is 4.74 Å². The van der Waals surface area contributed by atoms with Crippen molar-refractivity contribution in [2.24, 2.45) is 0 Å². The number of aryl methyl sites for hydroxylation is 1. The first-order valence-corrected chi connectivity index (χ1v) is 8.99. The van der Waals surface area contributed by atoms with E-state index in [0.29, 0.717) is 17.2 Å². The summed E-state index contributed by atoms with van der Waals surface area (Å²) in [6.07, 6.45) is 0. The Morgan fingerprint density at radius 1 is 1.30 bits per heavy atom. The van der Waals surface area contributed by atoms with Crippen LogP contribution in [0.5, 0.6) is 0 Å². The van der Waals surface area contributed by atoms with Crippen molar-refractivity contribution < 1.29 is 9.53 Å². The minimum absolute atomic E-state index is 0.107. The Morgan fingerprint density at radius 2 is 2.19 bits per heavy atom. The number of tetrazole rings is 1. The lowest BCUT2D eigenvalue weighted by atomic mass is 10.3. The molecule has 0 atom stereocenters. The highest BCUT2D eigenvalue weighted by molar-refractivity contribution is 7.08. The number of hydrogen-bond acceptors (Lipinski definition) is 8. The zero-order valence-electron chi connectivity index (χ0n) is 14.3. The van der Waals surface area contributed by atoms with E-state index in [1.165, 1.54) is 26.6 Å². The molecule has 4 rings (SSSR count). The van der Waals surface area contributed by atoms with Crippen LogP contribution in [0.25, 0.3) is 17.0 Å². The van der Waals surface area contributed by atoms with Gasteiger partial charge in [-0.05, 0) is 35.7 Å². The van der Waals surface area contributed by atoms with E-state index in [-0.39, 0.29) is 18.7 Å².